The Kier molecular flexibility index (Phi) is 4.52. The molecule has 2 aromatic rings. The first-order valence-corrected chi connectivity index (χ1v) is 8.76. The monoisotopic (exact) mass is 330 g/mol. The molecule has 1 unspecified atom stereocenters. The van der Waals surface area contributed by atoms with Gasteiger partial charge in [-0.15, -0.1) is 6.42 Å². The molecule has 1 aliphatic heterocycles. The number of nitrogens with zero attached hydrogens (tertiary/aromatic N) is 2. The molecule has 0 aromatic heterocycles. The number of terminal acetylenes is 1. The predicted molar refractivity (Wildman–Crippen MR) is 107 cm³/mol. The molecule has 1 heterocycles. The molecule has 1 aliphatic rings. The van der Waals surface area contributed by atoms with Gasteiger partial charge in [0.25, 0.3) is 0 Å². The van der Waals surface area contributed by atoms with Crippen molar-refractivity contribution in [2.24, 2.45) is 0 Å². The van der Waals surface area contributed by atoms with Gasteiger partial charge in [0.1, 0.15) is 6.04 Å². The van der Waals surface area contributed by atoms with Gasteiger partial charge in [-0.05, 0) is 63.8 Å². The van der Waals surface area contributed by atoms with Crippen LogP contribution in [0.1, 0.15) is 33.4 Å². The van der Waals surface area contributed by atoms with Gasteiger partial charge in [0.2, 0.25) is 6.67 Å². The summed E-state index contributed by atoms with van der Waals surface area (Å²) in [5.74, 6) is 2.95. The molecular weight excluding hydrogens is 304 g/mol. The van der Waals surface area contributed by atoms with Crippen LogP contribution >= 0.6 is 0 Å². The molecular formula is C23H26N2. The average molecular weight is 330 g/mol. The molecule has 1 fully saturated rings. The molecule has 0 N–H and O–H groups in total. The zero-order valence-corrected chi connectivity index (χ0v) is 16.1. The summed E-state index contributed by atoms with van der Waals surface area (Å²) in [6, 6.07) is 8.85. The minimum Gasteiger partial charge on any atom is -0.338 e. The topological polar surface area (TPSA) is 6.48 Å². The van der Waals surface area contributed by atoms with Crippen LogP contribution in [0.4, 0.5) is 11.4 Å². The summed E-state index contributed by atoms with van der Waals surface area (Å²) < 4.78 is 0. The van der Waals surface area contributed by atoms with Gasteiger partial charge >= 0.3 is 0 Å². The molecule has 0 amide bonds. The van der Waals surface area contributed by atoms with Crippen molar-refractivity contribution in [3.05, 3.63) is 64.3 Å². The molecule has 0 spiro atoms. The largest absolute Gasteiger partial charge is 0.338 e. The molecule has 0 aliphatic carbocycles. The van der Waals surface area contributed by atoms with E-state index < -0.39 is 0 Å². The maximum absolute atomic E-state index is 5.87. The van der Waals surface area contributed by atoms with Crippen molar-refractivity contribution in [3.63, 3.8) is 0 Å². The highest BCUT2D eigenvalue weighted by atomic mass is 15.4. The number of aryl methyl sites for hydroxylation is 6. The van der Waals surface area contributed by atoms with E-state index in [0.717, 1.165) is 6.54 Å². The van der Waals surface area contributed by atoms with E-state index in [4.69, 9.17) is 6.42 Å². The lowest BCUT2D eigenvalue weighted by Gasteiger charge is -2.26. The summed E-state index contributed by atoms with van der Waals surface area (Å²) in [6.07, 6.45) is 5.87. The summed E-state index contributed by atoms with van der Waals surface area (Å²) in [6.45, 7) is 17.2. The van der Waals surface area contributed by atoms with Crippen molar-refractivity contribution in [3.8, 4) is 12.3 Å². The quantitative estimate of drug-likeness (QED) is 0.725. The van der Waals surface area contributed by atoms with E-state index in [1.807, 2.05) is 0 Å². The SMILES string of the molecule is C#CC1CN(c2c(C)cc(C)cc2C)[C]N1c1c(C)cc(C)cc1C. The van der Waals surface area contributed by atoms with Gasteiger partial charge in [-0.25, -0.2) is 0 Å². The Balaban J connectivity index is 2.02. The number of anilines is 2. The lowest BCUT2D eigenvalue weighted by atomic mass is 10.0. The second-order valence-electron chi connectivity index (χ2n) is 7.26. The second kappa shape index (κ2) is 6.48. The van der Waals surface area contributed by atoms with Gasteiger partial charge < -0.3 is 9.80 Å². The van der Waals surface area contributed by atoms with Crippen molar-refractivity contribution in [1.82, 2.24) is 0 Å². The van der Waals surface area contributed by atoms with E-state index in [9.17, 15) is 0 Å². The molecule has 0 bridgehead atoms. The van der Waals surface area contributed by atoms with Crippen LogP contribution in [0.25, 0.3) is 0 Å². The zero-order chi connectivity index (χ0) is 18.3. The Labute approximate surface area is 152 Å². The van der Waals surface area contributed by atoms with Gasteiger partial charge in [-0.1, -0.05) is 41.3 Å². The third-order valence-corrected chi connectivity index (χ3v) is 4.87. The van der Waals surface area contributed by atoms with Crippen LogP contribution in [0.5, 0.6) is 0 Å². The number of benzene rings is 2. The van der Waals surface area contributed by atoms with Crippen molar-refractivity contribution >= 4 is 11.4 Å². The van der Waals surface area contributed by atoms with Crippen LogP contribution < -0.4 is 9.80 Å². The highest BCUT2D eigenvalue weighted by molar-refractivity contribution is 5.70. The molecule has 3 rings (SSSR count). The van der Waals surface area contributed by atoms with Crippen LogP contribution in [0.3, 0.4) is 0 Å². The molecule has 2 heteroatoms. The lowest BCUT2D eigenvalue weighted by Crippen LogP contribution is -2.28. The van der Waals surface area contributed by atoms with Crippen molar-refractivity contribution in [1.29, 1.82) is 0 Å². The third-order valence-electron chi connectivity index (χ3n) is 4.87. The van der Waals surface area contributed by atoms with Crippen molar-refractivity contribution < 1.29 is 0 Å². The predicted octanol–water partition coefficient (Wildman–Crippen LogP) is 4.86. The number of hydrogen-bond acceptors (Lipinski definition) is 2. The van der Waals surface area contributed by atoms with Gasteiger partial charge in [0, 0.05) is 11.4 Å². The van der Waals surface area contributed by atoms with E-state index in [0.29, 0.717) is 0 Å². The fourth-order valence-corrected chi connectivity index (χ4v) is 4.12. The van der Waals surface area contributed by atoms with Crippen LogP contribution in [-0.4, -0.2) is 12.6 Å². The molecule has 25 heavy (non-hydrogen) atoms. The van der Waals surface area contributed by atoms with Gasteiger partial charge in [0.15, 0.2) is 0 Å². The minimum absolute atomic E-state index is 0.0137. The fourth-order valence-electron chi connectivity index (χ4n) is 4.12. The van der Waals surface area contributed by atoms with Crippen molar-refractivity contribution in [2.45, 2.75) is 47.6 Å². The standard InChI is InChI=1S/C23H26N2/c1-8-21-13-24(22-17(4)9-15(2)10-18(22)5)14-25(21)23-19(6)11-16(3)12-20(23)7/h1,9-12,21H,13H2,2-7H3. The third kappa shape index (κ3) is 3.12. The molecule has 2 radical (unpaired) electrons. The van der Waals surface area contributed by atoms with Gasteiger partial charge in [0.05, 0.1) is 6.54 Å². The summed E-state index contributed by atoms with van der Waals surface area (Å²) in [7, 11) is 0. The molecule has 1 atom stereocenters. The first-order valence-electron chi connectivity index (χ1n) is 8.76. The van der Waals surface area contributed by atoms with Gasteiger partial charge in [-0.2, -0.15) is 0 Å². The summed E-state index contributed by atoms with van der Waals surface area (Å²) in [5.41, 5.74) is 9.97. The van der Waals surface area contributed by atoms with E-state index in [-0.39, 0.29) is 6.04 Å². The van der Waals surface area contributed by atoms with Crippen LogP contribution in [0, 0.1) is 60.6 Å². The molecule has 128 valence electrons. The maximum atomic E-state index is 5.87. The second-order valence-corrected chi connectivity index (χ2v) is 7.26. The fraction of sp³-hybridized carbons (Fsp3) is 0.348. The number of hydrogen-bond donors (Lipinski definition) is 0. The summed E-state index contributed by atoms with van der Waals surface area (Å²) in [4.78, 5) is 4.33. The maximum Gasteiger partial charge on any atom is 0.210 e. The van der Waals surface area contributed by atoms with Crippen molar-refractivity contribution in [2.75, 3.05) is 16.3 Å². The van der Waals surface area contributed by atoms with E-state index >= 15 is 0 Å². The Morgan fingerprint density at radius 2 is 1.28 bits per heavy atom. The zero-order valence-electron chi connectivity index (χ0n) is 16.1. The Morgan fingerprint density at radius 3 is 1.72 bits per heavy atom. The van der Waals surface area contributed by atoms with Crippen LogP contribution in [0.15, 0.2) is 24.3 Å². The summed E-state index contributed by atoms with van der Waals surface area (Å²) in [5, 5.41) is 0. The van der Waals surface area contributed by atoms with Gasteiger partial charge in [-0.3, -0.25) is 0 Å². The van der Waals surface area contributed by atoms with E-state index in [1.54, 1.807) is 0 Å². The first-order chi connectivity index (χ1) is 11.8. The highest BCUT2D eigenvalue weighted by Gasteiger charge is 2.34. The van der Waals surface area contributed by atoms with Crippen LogP contribution in [0.2, 0.25) is 0 Å². The number of rotatable bonds is 2. The smallest absolute Gasteiger partial charge is 0.210 e. The first kappa shape index (κ1) is 17.4. The van der Waals surface area contributed by atoms with Crippen LogP contribution in [-0.2, 0) is 0 Å². The molecule has 2 nitrogen and oxygen atoms in total. The molecule has 2 aromatic carbocycles. The lowest BCUT2D eigenvalue weighted by molar-refractivity contribution is 0.882. The molecule has 0 saturated carbocycles. The minimum atomic E-state index is -0.0137. The highest BCUT2D eigenvalue weighted by Crippen LogP contribution is 2.37. The van der Waals surface area contributed by atoms with E-state index in [1.165, 1.54) is 44.8 Å². The van der Waals surface area contributed by atoms with E-state index in [2.05, 4.69) is 88.2 Å². The Hall–Kier alpha value is -2.40. The Morgan fingerprint density at radius 1 is 0.840 bits per heavy atom. The summed E-state index contributed by atoms with van der Waals surface area (Å²) >= 11 is 0. The Bertz CT molecular complexity index is 811. The normalized spacial score (nSPS) is 17.1. The average Bonchev–Trinajstić information content (AvgIpc) is 2.88. The molecule has 1 saturated heterocycles.